The monoisotopic (exact) mass is 288 g/mol. The molecule has 0 heterocycles. The molecular weight excluding hydrogens is 272 g/mol. The second-order valence-corrected chi connectivity index (χ2v) is 4.32. The van der Waals surface area contributed by atoms with Crippen LogP contribution in [0.5, 0.6) is 0 Å². The third kappa shape index (κ3) is 3.66. The fourth-order valence-corrected chi connectivity index (χ4v) is 1.87. The lowest BCUT2D eigenvalue weighted by Gasteiger charge is -2.25. The van der Waals surface area contributed by atoms with Crippen LogP contribution in [0.25, 0.3) is 0 Å². The smallest absolute Gasteiger partial charge is 0.0637 e. The van der Waals surface area contributed by atoms with Crippen LogP contribution in [0.4, 0.5) is 11.4 Å². The second-order valence-electron chi connectivity index (χ2n) is 3.41. The summed E-state index contributed by atoms with van der Waals surface area (Å²) in [4.78, 5) is 2.01. The SMILES string of the molecule is COCCN(CCO)c1ccc(Br)cc1N. The van der Waals surface area contributed by atoms with Crippen LogP contribution < -0.4 is 10.6 Å². The number of rotatable bonds is 6. The Labute approximate surface area is 104 Å². The van der Waals surface area contributed by atoms with Crippen molar-refractivity contribution in [1.82, 2.24) is 0 Å². The zero-order valence-electron chi connectivity index (χ0n) is 9.32. The number of methoxy groups -OCH3 is 1. The number of benzene rings is 1. The molecule has 0 amide bonds. The molecular formula is C11H17BrN2O2. The quantitative estimate of drug-likeness (QED) is 0.779. The van der Waals surface area contributed by atoms with Crippen molar-refractivity contribution >= 4 is 27.3 Å². The number of aliphatic hydroxyl groups excluding tert-OH is 1. The van der Waals surface area contributed by atoms with Gasteiger partial charge in [-0.25, -0.2) is 0 Å². The lowest BCUT2D eigenvalue weighted by Crippen LogP contribution is -2.30. The fourth-order valence-electron chi connectivity index (χ4n) is 1.49. The summed E-state index contributed by atoms with van der Waals surface area (Å²) in [7, 11) is 1.65. The number of nitrogens with two attached hydrogens (primary N) is 1. The highest BCUT2D eigenvalue weighted by Crippen LogP contribution is 2.26. The van der Waals surface area contributed by atoms with E-state index in [9.17, 15) is 0 Å². The molecule has 16 heavy (non-hydrogen) atoms. The fraction of sp³-hybridized carbons (Fsp3) is 0.455. The van der Waals surface area contributed by atoms with Gasteiger partial charge in [0.2, 0.25) is 0 Å². The van der Waals surface area contributed by atoms with Crippen LogP contribution in [0.3, 0.4) is 0 Å². The first kappa shape index (κ1) is 13.3. The van der Waals surface area contributed by atoms with E-state index in [1.807, 2.05) is 23.1 Å². The molecule has 1 rings (SSSR count). The van der Waals surface area contributed by atoms with Crippen molar-refractivity contribution in [3.8, 4) is 0 Å². The van der Waals surface area contributed by atoms with Crippen molar-refractivity contribution < 1.29 is 9.84 Å². The molecule has 0 aliphatic carbocycles. The van der Waals surface area contributed by atoms with Crippen molar-refractivity contribution in [3.05, 3.63) is 22.7 Å². The van der Waals surface area contributed by atoms with Crippen molar-refractivity contribution in [3.63, 3.8) is 0 Å². The molecule has 0 fully saturated rings. The van der Waals surface area contributed by atoms with Gasteiger partial charge in [0.25, 0.3) is 0 Å². The molecule has 0 radical (unpaired) electrons. The minimum Gasteiger partial charge on any atom is -0.397 e. The van der Waals surface area contributed by atoms with Crippen LogP contribution >= 0.6 is 15.9 Å². The van der Waals surface area contributed by atoms with E-state index in [0.717, 1.165) is 10.2 Å². The Morgan fingerprint density at radius 2 is 2.19 bits per heavy atom. The zero-order valence-corrected chi connectivity index (χ0v) is 10.9. The summed E-state index contributed by atoms with van der Waals surface area (Å²) in [6.07, 6.45) is 0. The Morgan fingerprint density at radius 1 is 1.44 bits per heavy atom. The Hall–Kier alpha value is -0.780. The van der Waals surface area contributed by atoms with E-state index in [2.05, 4.69) is 15.9 Å². The lowest BCUT2D eigenvalue weighted by molar-refractivity contribution is 0.203. The van der Waals surface area contributed by atoms with Gasteiger partial charge in [-0.1, -0.05) is 15.9 Å². The van der Waals surface area contributed by atoms with E-state index in [1.165, 1.54) is 0 Å². The van der Waals surface area contributed by atoms with E-state index < -0.39 is 0 Å². The third-order valence-corrected chi connectivity index (χ3v) is 2.76. The van der Waals surface area contributed by atoms with Crippen LogP contribution in [0.2, 0.25) is 0 Å². The molecule has 0 atom stereocenters. The highest BCUT2D eigenvalue weighted by molar-refractivity contribution is 9.10. The average molecular weight is 289 g/mol. The summed E-state index contributed by atoms with van der Waals surface area (Å²) < 4.78 is 5.98. The molecule has 1 aromatic carbocycles. The highest BCUT2D eigenvalue weighted by Gasteiger charge is 2.09. The van der Waals surface area contributed by atoms with Gasteiger partial charge in [0.1, 0.15) is 0 Å². The number of halogens is 1. The Bertz CT molecular complexity index is 334. The minimum atomic E-state index is 0.0964. The van der Waals surface area contributed by atoms with Crippen LogP contribution in [-0.4, -0.2) is 38.5 Å². The van der Waals surface area contributed by atoms with Gasteiger partial charge >= 0.3 is 0 Å². The maximum atomic E-state index is 9.01. The van der Waals surface area contributed by atoms with E-state index >= 15 is 0 Å². The highest BCUT2D eigenvalue weighted by atomic mass is 79.9. The first-order valence-electron chi connectivity index (χ1n) is 5.08. The number of ether oxygens (including phenoxy) is 1. The summed E-state index contributed by atoms with van der Waals surface area (Å²) in [5.41, 5.74) is 7.55. The van der Waals surface area contributed by atoms with Gasteiger partial charge < -0.3 is 20.5 Å². The van der Waals surface area contributed by atoms with Gasteiger partial charge in [-0.15, -0.1) is 0 Å². The maximum Gasteiger partial charge on any atom is 0.0637 e. The van der Waals surface area contributed by atoms with Crippen molar-refractivity contribution in [2.24, 2.45) is 0 Å². The first-order chi connectivity index (χ1) is 7.69. The first-order valence-corrected chi connectivity index (χ1v) is 5.88. The standard InChI is InChI=1S/C11H17BrN2O2/c1-16-7-5-14(4-6-15)11-3-2-9(12)8-10(11)13/h2-3,8,15H,4-7,13H2,1H3. The second kappa shape index (κ2) is 6.73. The molecule has 0 aliphatic rings. The van der Waals surface area contributed by atoms with Crippen LogP contribution in [0.1, 0.15) is 0 Å². The Morgan fingerprint density at radius 3 is 2.75 bits per heavy atom. The molecule has 0 bridgehead atoms. The maximum absolute atomic E-state index is 9.01. The molecule has 5 heteroatoms. The third-order valence-electron chi connectivity index (χ3n) is 2.27. The molecule has 3 N–H and O–H groups in total. The van der Waals surface area contributed by atoms with E-state index in [-0.39, 0.29) is 6.61 Å². The number of anilines is 2. The number of nitrogens with zero attached hydrogens (tertiary/aromatic N) is 1. The van der Waals surface area contributed by atoms with Crippen molar-refractivity contribution in [1.29, 1.82) is 0 Å². The molecule has 0 spiro atoms. The normalized spacial score (nSPS) is 10.4. The van der Waals surface area contributed by atoms with Crippen LogP contribution in [0, 0.1) is 0 Å². The van der Waals surface area contributed by atoms with Gasteiger partial charge in [-0.05, 0) is 18.2 Å². The van der Waals surface area contributed by atoms with Crippen LogP contribution in [0.15, 0.2) is 22.7 Å². The Balaban J connectivity index is 2.82. The van der Waals surface area contributed by atoms with Gasteiger partial charge in [0.05, 0.1) is 24.6 Å². The molecule has 4 nitrogen and oxygen atoms in total. The van der Waals surface area contributed by atoms with Crippen molar-refractivity contribution in [2.75, 3.05) is 44.0 Å². The average Bonchev–Trinajstić information content (AvgIpc) is 2.25. The predicted octanol–water partition coefficient (Wildman–Crippen LogP) is 1.48. The molecule has 0 saturated carbocycles. The topological polar surface area (TPSA) is 58.7 Å². The number of hydrogen-bond acceptors (Lipinski definition) is 4. The zero-order chi connectivity index (χ0) is 12.0. The summed E-state index contributed by atoms with van der Waals surface area (Å²) in [6, 6.07) is 5.72. The lowest BCUT2D eigenvalue weighted by atomic mass is 10.2. The number of hydrogen-bond donors (Lipinski definition) is 2. The van der Waals surface area contributed by atoms with Gasteiger partial charge in [0.15, 0.2) is 0 Å². The van der Waals surface area contributed by atoms with E-state index in [0.29, 0.717) is 25.4 Å². The predicted molar refractivity (Wildman–Crippen MR) is 69.7 cm³/mol. The molecule has 0 unspecified atom stereocenters. The largest absolute Gasteiger partial charge is 0.397 e. The van der Waals surface area contributed by atoms with Gasteiger partial charge in [-0.2, -0.15) is 0 Å². The summed E-state index contributed by atoms with van der Waals surface area (Å²) in [6.45, 7) is 1.97. The van der Waals surface area contributed by atoms with Crippen molar-refractivity contribution in [2.45, 2.75) is 0 Å². The molecule has 1 aromatic rings. The molecule has 90 valence electrons. The van der Waals surface area contributed by atoms with Gasteiger partial charge in [-0.3, -0.25) is 0 Å². The number of nitrogen functional groups attached to an aromatic ring is 1. The van der Waals surface area contributed by atoms with E-state index in [4.69, 9.17) is 15.6 Å². The van der Waals surface area contributed by atoms with E-state index in [1.54, 1.807) is 7.11 Å². The molecule has 0 aliphatic heterocycles. The van der Waals surface area contributed by atoms with Crippen LogP contribution in [-0.2, 0) is 4.74 Å². The molecule has 0 aromatic heterocycles. The van der Waals surface area contributed by atoms with Gasteiger partial charge in [0, 0.05) is 24.7 Å². The number of aliphatic hydroxyl groups is 1. The minimum absolute atomic E-state index is 0.0964. The summed E-state index contributed by atoms with van der Waals surface area (Å²) in [5, 5.41) is 9.01. The summed E-state index contributed by atoms with van der Waals surface area (Å²) in [5.74, 6) is 0. The summed E-state index contributed by atoms with van der Waals surface area (Å²) >= 11 is 3.36. The Kier molecular flexibility index (Phi) is 5.59. The molecule has 0 saturated heterocycles.